The van der Waals surface area contributed by atoms with Crippen molar-refractivity contribution in [1.29, 1.82) is 0 Å². The Morgan fingerprint density at radius 3 is 2.60 bits per heavy atom. The van der Waals surface area contributed by atoms with Crippen molar-refractivity contribution in [2.24, 2.45) is 5.92 Å². The van der Waals surface area contributed by atoms with Gasteiger partial charge in [-0.1, -0.05) is 0 Å². The van der Waals surface area contributed by atoms with Gasteiger partial charge in [0, 0.05) is 18.8 Å². The molecule has 0 aliphatic carbocycles. The number of aromatic nitrogens is 1. The number of rotatable bonds is 4. The lowest BCUT2D eigenvalue weighted by molar-refractivity contribution is 0.0691. The Morgan fingerprint density at radius 2 is 2.10 bits per heavy atom. The minimum Gasteiger partial charge on any atom is -0.477 e. The predicted octanol–water partition coefficient (Wildman–Crippen LogP) is 0.0854. The van der Waals surface area contributed by atoms with Crippen molar-refractivity contribution in [2.75, 3.05) is 19.6 Å². The Hall–Kier alpha value is -1.38. The Labute approximate surface area is 117 Å². The molecule has 0 radical (unpaired) electrons. The largest absolute Gasteiger partial charge is 0.477 e. The lowest BCUT2D eigenvalue weighted by atomic mass is 9.85. The zero-order valence-corrected chi connectivity index (χ0v) is 11.7. The third kappa shape index (κ3) is 2.46. The summed E-state index contributed by atoms with van der Waals surface area (Å²) in [6, 6.07) is 1.07. The molecule has 1 aromatic rings. The zero-order chi connectivity index (χ0) is 14.3. The number of nitrogens with zero attached hydrogens (tertiary/aromatic N) is 1. The van der Waals surface area contributed by atoms with Gasteiger partial charge in [-0.2, -0.15) is 0 Å². The summed E-state index contributed by atoms with van der Waals surface area (Å²) in [5, 5.41) is 8.82. The number of piperidine rings is 3. The molecule has 3 fully saturated rings. The van der Waals surface area contributed by atoms with Crippen LogP contribution in [0.5, 0.6) is 0 Å². The molecule has 110 valence electrons. The van der Waals surface area contributed by atoms with Gasteiger partial charge >= 0.3 is 5.97 Å². The van der Waals surface area contributed by atoms with Crippen LogP contribution in [-0.4, -0.2) is 55.1 Å². The highest BCUT2D eigenvalue weighted by Crippen LogP contribution is 2.28. The molecular weight excluding hydrogens is 282 g/mol. The minimum atomic E-state index is -3.67. The van der Waals surface area contributed by atoms with Crippen molar-refractivity contribution in [2.45, 2.75) is 23.8 Å². The van der Waals surface area contributed by atoms with Crippen LogP contribution in [0.15, 0.2) is 17.2 Å². The van der Waals surface area contributed by atoms with Gasteiger partial charge in [-0.25, -0.2) is 17.9 Å². The van der Waals surface area contributed by atoms with E-state index in [1.807, 2.05) is 0 Å². The van der Waals surface area contributed by atoms with Gasteiger partial charge in [0.25, 0.3) is 0 Å². The van der Waals surface area contributed by atoms with E-state index in [0.717, 1.165) is 38.5 Å². The molecular formula is C12H17N3O4S. The van der Waals surface area contributed by atoms with Gasteiger partial charge in [0.05, 0.1) is 0 Å². The number of carboxylic acid groups (broad SMARTS) is 1. The molecule has 3 aliphatic rings. The smallest absolute Gasteiger partial charge is 0.352 e. The van der Waals surface area contributed by atoms with Crippen LogP contribution in [0.25, 0.3) is 0 Å². The molecule has 4 heterocycles. The second-order valence-corrected chi connectivity index (χ2v) is 7.13. The van der Waals surface area contributed by atoms with E-state index in [2.05, 4.69) is 14.6 Å². The first-order chi connectivity index (χ1) is 9.45. The summed E-state index contributed by atoms with van der Waals surface area (Å²) in [5.74, 6) is -0.790. The Kier molecular flexibility index (Phi) is 3.31. The van der Waals surface area contributed by atoms with E-state index in [1.54, 1.807) is 0 Å². The fraction of sp³-hybridized carbons (Fsp3) is 0.583. The van der Waals surface area contributed by atoms with Crippen molar-refractivity contribution in [3.05, 3.63) is 18.0 Å². The highest BCUT2D eigenvalue weighted by atomic mass is 32.2. The summed E-state index contributed by atoms with van der Waals surface area (Å²) < 4.78 is 27.3. The van der Waals surface area contributed by atoms with Crippen LogP contribution in [0.2, 0.25) is 0 Å². The van der Waals surface area contributed by atoms with Crippen LogP contribution >= 0.6 is 0 Å². The summed E-state index contributed by atoms with van der Waals surface area (Å²) in [4.78, 5) is 15.5. The predicted molar refractivity (Wildman–Crippen MR) is 71.0 cm³/mol. The molecule has 1 atom stereocenters. The lowest BCUT2D eigenvalue weighted by Crippen LogP contribution is -2.57. The van der Waals surface area contributed by atoms with Gasteiger partial charge in [-0.15, -0.1) is 0 Å². The number of nitrogens with one attached hydrogen (secondary N) is 2. The van der Waals surface area contributed by atoms with E-state index in [0.29, 0.717) is 5.92 Å². The molecule has 2 bridgehead atoms. The van der Waals surface area contributed by atoms with Crippen LogP contribution < -0.4 is 4.72 Å². The molecule has 0 saturated carbocycles. The Bertz CT molecular complexity index is 616. The highest BCUT2D eigenvalue weighted by molar-refractivity contribution is 7.89. The van der Waals surface area contributed by atoms with E-state index in [-0.39, 0.29) is 16.6 Å². The van der Waals surface area contributed by atoms with E-state index < -0.39 is 16.0 Å². The van der Waals surface area contributed by atoms with Crippen molar-refractivity contribution in [1.82, 2.24) is 14.6 Å². The van der Waals surface area contributed by atoms with Gasteiger partial charge in [-0.3, -0.25) is 0 Å². The third-order valence-corrected chi connectivity index (χ3v) is 5.63. The monoisotopic (exact) mass is 299 g/mol. The summed E-state index contributed by atoms with van der Waals surface area (Å²) >= 11 is 0. The normalized spacial score (nSPS) is 29.5. The molecule has 7 nitrogen and oxygen atoms in total. The van der Waals surface area contributed by atoms with Crippen molar-refractivity contribution in [3.8, 4) is 0 Å². The maximum absolute atomic E-state index is 12.3. The number of hydrogen-bond donors (Lipinski definition) is 3. The number of carbonyl (C=O) groups is 1. The first-order valence-electron chi connectivity index (χ1n) is 6.62. The molecule has 0 amide bonds. The van der Waals surface area contributed by atoms with Gasteiger partial charge in [0.1, 0.15) is 10.6 Å². The summed E-state index contributed by atoms with van der Waals surface area (Å²) in [6.45, 7) is 2.81. The first-order valence-corrected chi connectivity index (χ1v) is 8.10. The van der Waals surface area contributed by atoms with Gasteiger partial charge in [0.2, 0.25) is 10.0 Å². The average molecular weight is 299 g/mol. The van der Waals surface area contributed by atoms with Crippen molar-refractivity contribution < 1.29 is 18.3 Å². The summed E-state index contributed by atoms with van der Waals surface area (Å²) in [5.41, 5.74) is -0.126. The van der Waals surface area contributed by atoms with E-state index in [1.165, 1.54) is 6.20 Å². The summed E-state index contributed by atoms with van der Waals surface area (Å²) in [6.07, 6.45) is 3.24. The maximum Gasteiger partial charge on any atom is 0.352 e. The molecule has 0 spiro atoms. The second kappa shape index (κ2) is 4.87. The fourth-order valence-corrected chi connectivity index (χ4v) is 4.31. The summed E-state index contributed by atoms with van der Waals surface area (Å²) in [7, 11) is -3.67. The first kappa shape index (κ1) is 13.6. The van der Waals surface area contributed by atoms with Gasteiger partial charge < -0.3 is 15.0 Å². The number of hydrogen-bond acceptors (Lipinski definition) is 4. The standard InChI is InChI=1S/C12H17N3O4S/c16-12(17)10-5-9(6-13-10)20(18,19)14-11-7-15-3-1-8(11)2-4-15/h5-6,8,11,13-14H,1-4,7H2,(H,16,17). The zero-order valence-electron chi connectivity index (χ0n) is 10.9. The van der Waals surface area contributed by atoms with Gasteiger partial charge in [-0.05, 0) is 37.9 Å². The molecule has 0 aromatic carbocycles. The number of aromatic carboxylic acids is 1. The Morgan fingerprint density at radius 1 is 1.40 bits per heavy atom. The number of aromatic amines is 1. The van der Waals surface area contributed by atoms with Gasteiger partial charge in [0.15, 0.2) is 0 Å². The molecule has 1 unspecified atom stereocenters. The van der Waals surface area contributed by atoms with Crippen molar-refractivity contribution in [3.63, 3.8) is 0 Å². The SMILES string of the molecule is O=C(O)c1cc(S(=O)(=O)NC2CN3CCC2CC3)c[nH]1. The van der Waals surface area contributed by atoms with E-state index in [9.17, 15) is 13.2 Å². The fourth-order valence-electron chi connectivity index (χ4n) is 3.02. The number of fused-ring (bicyclic) bond motifs is 3. The maximum atomic E-state index is 12.3. The van der Waals surface area contributed by atoms with Crippen LogP contribution in [0.3, 0.4) is 0 Å². The Balaban J connectivity index is 1.76. The van der Waals surface area contributed by atoms with Crippen LogP contribution in [0.1, 0.15) is 23.3 Å². The molecule has 1 aromatic heterocycles. The molecule has 3 N–H and O–H groups in total. The highest BCUT2D eigenvalue weighted by Gasteiger charge is 2.36. The lowest BCUT2D eigenvalue weighted by Gasteiger charge is -2.44. The molecule has 3 aliphatic heterocycles. The quantitative estimate of drug-likeness (QED) is 0.731. The molecule has 8 heteroatoms. The molecule has 20 heavy (non-hydrogen) atoms. The topological polar surface area (TPSA) is 102 Å². The van der Waals surface area contributed by atoms with E-state index in [4.69, 9.17) is 5.11 Å². The number of carboxylic acids is 1. The third-order valence-electron chi connectivity index (χ3n) is 4.16. The van der Waals surface area contributed by atoms with Crippen molar-refractivity contribution >= 4 is 16.0 Å². The molecule has 4 rings (SSSR count). The van der Waals surface area contributed by atoms with Crippen LogP contribution in [0, 0.1) is 5.92 Å². The minimum absolute atomic E-state index is 0.0219. The van der Waals surface area contributed by atoms with Crippen LogP contribution in [0.4, 0.5) is 0 Å². The van der Waals surface area contributed by atoms with E-state index >= 15 is 0 Å². The molecule has 3 saturated heterocycles. The second-order valence-electron chi connectivity index (χ2n) is 5.42. The number of H-pyrrole nitrogens is 1. The average Bonchev–Trinajstić information content (AvgIpc) is 2.90. The number of sulfonamides is 1. The van der Waals surface area contributed by atoms with Crippen LogP contribution in [-0.2, 0) is 10.0 Å².